The van der Waals surface area contributed by atoms with E-state index in [1.165, 1.54) is 16.3 Å². The van der Waals surface area contributed by atoms with Crippen LogP contribution in [0.2, 0.25) is 0 Å². The number of hydrogen-bond donors (Lipinski definition) is 2. The van der Waals surface area contributed by atoms with E-state index in [2.05, 4.69) is 5.10 Å². The zero-order chi connectivity index (χ0) is 11.0. The van der Waals surface area contributed by atoms with Gasteiger partial charge in [0.1, 0.15) is 5.82 Å². The fourth-order valence-electron chi connectivity index (χ4n) is 1.47. The Hall–Kier alpha value is -1.97. The lowest BCUT2D eigenvalue weighted by atomic mass is 10.1. The third kappa shape index (κ3) is 1.66. The van der Waals surface area contributed by atoms with E-state index < -0.39 is 0 Å². The molecule has 1 heterocycles. The molecule has 0 fully saturated rings. The third-order valence-corrected chi connectivity index (χ3v) is 2.49. The van der Waals surface area contributed by atoms with Crippen molar-refractivity contribution in [3.05, 3.63) is 45.7 Å². The first-order chi connectivity index (χ1) is 7.08. The Morgan fingerprint density at radius 1 is 1.20 bits per heavy atom. The van der Waals surface area contributed by atoms with Gasteiger partial charge in [0.15, 0.2) is 0 Å². The van der Waals surface area contributed by atoms with E-state index in [1.807, 2.05) is 32.0 Å². The van der Waals surface area contributed by atoms with Crippen LogP contribution in [0.1, 0.15) is 11.1 Å². The number of aromatic nitrogens is 2. The Morgan fingerprint density at radius 2 is 1.93 bits per heavy atom. The van der Waals surface area contributed by atoms with Crippen LogP contribution in [0, 0.1) is 13.8 Å². The van der Waals surface area contributed by atoms with Gasteiger partial charge in [0.25, 0.3) is 5.56 Å². The van der Waals surface area contributed by atoms with E-state index in [0.29, 0.717) is 5.82 Å². The molecule has 0 saturated heterocycles. The standard InChI is InChI=1S/C11H13N3O/c1-7-3-4-9(5-8(7)2)14-11(15)6-10(12)13-14/h3-6,13H,12H2,1-2H3. The lowest BCUT2D eigenvalue weighted by Crippen LogP contribution is -2.13. The Kier molecular flexibility index (Phi) is 2.11. The van der Waals surface area contributed by atoms with E-state index in [0.717, 1.165) is 11.3 Å². The molecule has 0 radical (unpaired) electrons. The molecule has 0 saturated carbocycles. The van der Waals surface area contributed by atoms with Gasteiger partial charge < -0.3 is 5.73 Å². The van der Waals surface area contributed by atoms with E-state index in [1.54, 1.807) is 0 Å². The van der Waals surface area contributed by atoms with Gasteiger partial charge in [-0.15, -0.1) is 0 Å². The van der Waals surface area contributed by atoms with Crippen molar-refractivity contribution in [2.45, 2.75) is 13.8 Å². The zero-order valence-electron chi connectivity index (χ0n) is 8.74. The summed E-state index contributed by atoms with van der Waals surface area (Å²) in [6.07, 6.45) is 0. The van der Waals surface area contributed by atoms with Gasteiger partial charge in [0, 0.05) is 6.07 Å². The SMILES string of the molecule is Cc1ccc(-n2[nH]c(N)cc2=O)cc1C. The summed E-state index contributed by atoms with van der Waals surface area (Å²) in [5.41, 5.74) is 8.52. The predicted octanol–water partition coefficient (Wildman–Crippen LogP) is 1.36. The van der Waals surface area contributed by atoms with Gasteiger partial charge in [-0.3, -0.25) is 9.89 Å². The molecular formula is C11H13N3O. The Balaban J connectivity index is 2.59. The Bertz CT molecular complexity index is 551. The van der Waals surface area contributed by atoms with Crippen LogP contribution in [0.25, 0.3) is 5.69 Å². The maximum atomic E-state index is 11.5. The second-order valence-corrected chi connectivity index (χ2v) is 3.65. The van der Waals surface area contributed by atoms with Crippen LogP contribution in [0.3, 0.4) is 0 Å². The quantitative estimate of drug-likeness (QED) is 0.735. The number of rotatable bonds is 1. The maximum Gasteiger partial charge on any atom is 0.273 e. The van der Waals surface area contributed by atoms with Crippen molar-refractivity contribution in [1.29, 1.82) is 0 Å². The first-order valence-electron chi connectivity index (χ1n) is 4.73. The van der Waals surface area contributed by atoms with Gasteiger partial charge in [-0.2, -0.15) is 0 Å². The molecule has 0 bridgehead atoms. The van der Waals surface area contributed by atoms with Gasteiger partial charge >= 0.3 is 0 Å². The topological polar surface area (TPSA) is 63.8 Å². The van der Waals surface area contributed by atoms with Crippen molar-refractivity contribution in [2.75, 3.05) is 5.73 Å². The van der Waals surface area contributed by atoms with Crippen LogP contribution < -0.4 is 11.3 Å². The van der Waals surface area contributed by atoms with Gasteiger partial charge in [-0.05, 0) is 37.1 Å². The molecule has 3 N–H and O–H groups in total. The molecule has 0 aliphatic rings. The smallest absolute Gasteiger partial charge is 0.273 e. The molecule has 0 aliphatic heterocycles. The second-order valence-electron chi connectivity index (χ2n) is 3.65. The summed E-state index contributed by atoms with van der Waals surface area (Å²) in [6.45, 7) is 4.04. The summed E-state index contributed by atoms with van der Waals surface area (Å²) in [6, 6.07) is 7.19. The van der Waals surface area contributed by atoms with Crippen molar-refractivity contribution in [1.82, 2.24) is 9.78 Å². The fourth-order valence-corrected chi connectivity index (χ4v) is 1.47. The van der Waals surface area contributed by atoms with Gasteiger partial charge in [-0.1, -0.05) is 6.07 Å². The summed E-state index contributed by atoms with van der Waals surface area (Å²) < 4.78 is 1.43. The lowest BCUT2D eigenvalue weighted by Gasteiger charge is -2.05. The molecule has 15 heavy (non-hydrogen) atoms. The number of hydrogen-bond acceptors (Lipinski definition) is 2. The first-order valence-corrected chi connectivity index (χ1v) is 4.73. The average molecular weight is 203 g/mol. The molecule has 78 valence electrons. The zero-order valence-corrected chi connectivity index (χ0v) is 8.74. The van der Waals surface area contributed by atoms with Crippen LogP contribution in [-0.4, -0.2) is 9.78 Å². The number of benzene rings is 1. The van der Waals surface area contributed by atoms with E-state index in [4.69, 9.17) is 5.73 Å². The number of H-pyrrole nitrogens is 1. The normalized spacial score (nSPS) is 10.5. The molecular weight excluding hydrogens is 190 g/mol. The van der Waals surface area contributed by atoms with E-state index >= 15 is 0 Å². The van der Waals surface area contributed by atoms with Crippen LogP contribution in [0.4, 0.5) is 5.82 Å². The number of aromatic amines is 1. The number of aryl methyl sites for hydroxylation is 2. The molecule has 2 aromatic rings. The molecule has 4 heteroatoms. The Labute approximate surface area is 87.3 Å². The minimum atomic E-state index is -0.143. The molecule has 0 aliphatic carbocycles. The molecule has 1 aromatic heterocycles. The van der Waals surface area contributed by atoms with Crippen molar-refractivity contribution in [3.8, 4) is 5.69 Å². The van der Waals surface area contributed by atoms with Crippen molar-refractivity contribution in [2.24, 2.45) is 0 Å². The number of nitrogens with zero attached hydrogens (tertiary/aromatic N) is 1. The second kappa shape index (κ2) is 3.31. The van der Waals surface area contributed by atoms with Crippen LogP contribution >= 0.6 is 0 Å². The highest BCUT2D eigenvalue weighted by Crippen LogP contribution is 2.12. The summed E-state index contributed by atoms with van der Waals surface area (Å²) in [7, 11) is 0. The summed E-state index contributed by atoms with van der Waals surface area (Å²) in [4.78, 5) is 11.5. The number of nitrogens with two attached hydrogens (primary N) is 1. The molecule has 4 nitrogen and oxygen atoms in total. The van der Waals surface area contributed by atoms with Crippen LogP contribution in [0.5, 0.6) is 0 Å². The van der Waals surface area contributed by atoms with Crippen molar-refractivity contribution in [3.63, 3.8) is 0 Å². The Morgan fingerprint density at radius 3 is 2.47 bits per heavy atom. The average Bonchev–Trinajstić information content (AvgIpc) is 2.50. The highest BCUT2D eigenvalue weighted by Gasteiger charge is 2.03. The molecule has 0 unspecified atom stereocenters. The maximum absolute atomic E-state index is 11.5. The molecule has 1 aromatic carbocycles. The molecule has 0 amide bonds. The van der Waals surface area contributed by atoms with Gasteiger partial charge in [-0.25, -0.2) is 4.68 Å². The molecule has 2 rings (SSSR count). The first kappa shape index (κ1) is 9.58. The van der Waals surface area contributed by atoms with Crippen molar-refractivity contribution < 1.29 is 0 Å². The predicted molar refractivity (Wildman–Crippen MR) is 60.3 cm³/mol. The largest absolute Gasteiger partial charge is 0.384 e. The molecule has 0 spiro atoms. The van der Waals surface area contributed by atoms with Crippen LogP contribution in [0.15, 0.2) is 29.1 Å². The lowest BCUT2D eigenvalue weighted by molar-refractivity contribution is 0.852. The minimum Gasteiger partial charge on any atom is -0.384 e. The highest BCUT2D eigenvalue weighted by molar-refractivity contribution is 5.40. The van der Waals surface area contributed by atoms with Gasteiger partial charge in [0.2, 0.25) is 0 Å². The summed E-state index contributed by atoms with van der Waals surface area (Å²) >= 11 is 0. The summed E-state index contributed by atoms with van der Waals surface area (Å²) in [5, 5.41) is 2.79. The number of nitrogens with one attached hydrogen (secondary N) is 1. The van der Waals surface area contributed by atoms with E-state index in [-0.39, 0.29) is 5.56 Å². The monoisotopic (exact) mass is 203 g/mol. The van der Waals surface area contributed by atoms with Crippen molar-refractivity contribution >= 4 is 5.82 Å². The minimum absolute atomic E-state index is 0.143. The van der Waals surface area contributed by atoms with Crippen LogP contribution in [-0.2, 0) is 0 Å². The number of anilines is 1. The fraction of sp³-hybridized carbons (Fsp3) is 0.182. The highest BCUT2D eigenvalue weighted by atomic mass is 16.1. The number of nitrogen functional groups attached to an aromatic ring is 1. The van der Waals surface area contributed by atoms with Gasteiger partial charge in [0.05, 0.1) is 5.69 Å². The molecule has 0 atom stereocenters. The third-order valence-electron chi connectivity index (χ3n) is 2.49. The van der Waals surface area contributed by atoms with E-state index in [9.17, 15) is 4.79 Å². The summed E-state index contributed by atoms with van der Waals surface area (Å²) in [5.74, 6) is 0.373.